The minimum absolute atomic E-state index is 0.0712. The molecule has 0 saturated carbocycles. The van der Waals surface area contributed by atoms with Crippen LogP contribution >= 0.6 is 0 Å². The highest BCUT2D eigenvalue weighted by Gasteiger charge is 2.25. The maximum absolute atomic E-state index is 11.6. The second-order valence-electron chi connectivity index (χ2n) is 4.98. The Morgan fingerprint density at radius 1 is 1.25 bits per heavy atom. The van der Waals surface area contributed by atoms with Crippen LogP contribution in [0.1, 0.15) is 47.5 Å². The topological polar surface area (TPSA) is 49.4 Å². The predicted molar refractivity (Wildman–Crippen MR) is 65.1 cm³/mol. The molecule has 0 radical (unpaired) electrons. The fourth-order valence-corrected chi connectivity index (χ4v) is 1.42. The lowest BCUT2D eigenvalue weighted by atomic mass is 10.1. The summed E-state index contributed by atoms with van der Waals surface area (Å²) in [6, 6.07) is 0. The van der Waals surface area contributed by atoms with Gasteiger partial charge in [-0.15, -0.1) is 0 Å². The highest BCUT2D eigenvalue weighted by Crippen LogP contribution is 2.12. The third-order valence-corrected chi connectivity index (χ3v) is 2.34. The summed E-state index contributed by atoms with van der Waals surface area (Å²) >= 11 is 0. The molecule has 94 valence electrons. The van der Waals surface area contributed by atoms with Crippen LogP contribution in [0.4, 0.5) is 0 Å². The molecule has 4 heteroatoms. The van der Waals surface area contributed by atoms with Gasteiger partial charge in [-0.1, -0.05) is 13.3 Å². The Bertz CT molecular complexity index is 244. The number of unbranched alkanes of at least 4 members (excludes halogenated alkanes) is 1. The van der Waals surface area contributed by atoms with E-state index in [0.717, 1.165) is 12.8 Å². The van der Waals surface area contributed by atoms with E-state index in [2.05, 4.69) is 12.2 Å². The summed E-state index contributed by atoms with van der Waals surface area (Å²) in [7, 11) is 0. The van der Waals surface area contributed by atoms with E-state index in [9.17, 15) is 9.59 Å². The van der Waals surface area contributed by atoms with E-state index in [4.69, 9.17) is 0 Å². The molecule has 0 atom stereocenters. The minimum atomic E-state index is -0.312. The first-order valence-electron chi connectivity index (χ1n) is 5.84. The van der Waals surface area contributed by atoms with Gasteiger partial charge in [0.25, 0.3) is 0 Å². The smallest absolute Gasteiger partial charge is 0.239 e. The van der Waals surface area contributed by atoms with Crippen LogP contribution in [0.15, 0.2) is 0 Å². The van der Waals surface area contributed by atoms with Gasteiger partial charge in [-0.3, -0.25) is 9.59 Å². The average Bonchev–Trinajstić information content (AvgIpc) is 2.12. The van der Waals surface area contributed by atoms with Crippen LogP contribution in [0.2, 0.25) is 0 Å². The lowest BCUT2D eigenvalue weighted by molar-refractivity contribution is -0.138. The highest BCUT2D eigenvalue weighted by atomic mass is 16.2. The SMILES string of the molecule is CCCCNC(=O)CN(C(C)=O)C(C)(C)C. The van der Waals surface area contributed by atoms with Crippen LogP contribution in [0.5, 0.6) is 0 Å². The van der Waals surface area contributed by atoms with Crippen LogP contribution in [-0.4, -0.2) is 35.3 Å². The van der Waals surface area contributed by atoms with Gasteiger partial charge in [0.2, 0.25) is 11.8 Å². The number of rotatable bonds is 5. The number of amides is 2. The second kappa shape index (κ2) is 6.51. The largest absolute Gasteiger partial charge is 0.355 e. The van der Waals surface area contributed by atoms with Crippen molar-refractivity contribution in [3.8, 4) is 0 Å². The Labute approximate surface area is 98.4 Å². The monoisotopic (exact) mass is 228 g/mol. The van der Waals surface area contributed by atoms with Gasteiger partial charge in [0.05, 0.1) is 0 Å². The lowest BCUT2D eigenvalue weighted by Crippen LogP contribution is -2.49. The summed E-state index contributed by atoms with van der Waals surface area (Å²) in [4.78, 5) is 24.6. The molecular formula is C12H24N2O2. The van der Waals surface area contributed by atoms with Crippen molar-refractivity contribution >= 4 is 11.8 Å². The van der Waals surface area contributed by atoms with Gasteiger partial charge in [0.1, 0.15) is 6.54 Å². The molecule has 0 spiro atoms. The van der Waals surface area contributed by atoms with Gasteiger partial charge in [-0.05, 0) is 27.2 Å². The summed E-state index contributed by atoms with van der Waals surface area (Å²) < 4.78 is 0. The molecule has 0 aromatic rings. The first-order valence-corrected chi connectivity index (χ1v) is 5.84. The summed E-state index contributed by atoms with van der Waals surface area (Å²) in [5.41, 5.74) is -0.312. The molecule has 0 saturated heterocycles. The molecular weight excluding hydrogens is 204 g/mol. The van der Waals surface area contributed by atoms with E-state index in [1.807, 2.05) is 20.8 Å². The lowest BCUT2D eigenvalue weighted by Gasteiger charge is -2.34. The summed E-state index contributed by atoms with van der Waals surface area (Å²) in [6.45, 7) is 10.2. The van der Waals surface area contributed by atoms with Gasteiger partial charge in [-0.25, -0.2) is 0 Å². The molecule has 0 aromatic carbocycles. The summed E-state index contributed by atoms with van der Waals surface area (Å²) in [6.07, 6.45) is 2.03. The number of carbonyl (C=O) groups excluding carboxylic acids is 2. The Hall–Kier alpha value is -1.06. The summed E-state index contributed by atoms with van der Waals surface area (Å²) in [5, 5.41) is 2.81. The van der Waals surface area contributed by atoms with E-state index in [1.54, 1.807) is 4.90 Å². The maximum Gasteiger partial charge on any atom is 0.239 e. The molecule has 0 aromatic heterocycles. The van der Waals surface area contributed by atoms with Gasteiger partial charge in [0.15, 0.2) is 0 Å². The van der Waals surface area contributed by atoms with Crippen molar-refractivity contribution in [3.63, 3.8) is 0 Å². The Kier molecular flexibility index (Phi) is 6.08. The predicted octanol–water partition coefficient (Wildman–Crippen LogP) is 1.55. The summed E-state index contributed by atoms with van der Waals surface area (Å²) in [5.74, 6) is -0.156. The third kappa shape index (κ3) is 5.73. The van der Waals surface area contributed by atoms with Gasteiger partial charge < -0.3 is 10.2 Å². The van der Waals surface area contributed by atoms with Gasteiger partial charge in [-0.2, -0.15) is 0 Å². The Morgan fingerprint density at radius 3 is 2.19 bits per heavy atom. The van der Waals surface area contributed by atoms with Gasteiger partial charge in [0, 0.05) is 19.0 Å². The number of hydrogen-bond acceptors (Lipinski definition) is 2. The van der Waals surface area contributed by atoms with Crippen LogP contribution in [0, 0.1) is 0 Å². The molecule has 0 aliphatic heterocycles. The van der Waals surface area contributed by atoms with Crippen LogP contribution in [0.25, 0.3) is 0 Å². The van der Waals surface area contributed by atoms with Crippen molar-refractivity contribution in [1.29, 1.82) is 0 Å². The maximum atomic E-state index is 11.6. The van der Waals surface area contributed by atoms with Crippen LogP contribution in [-0.2, 0) is 9.59 Å². The number of nitrogens with one attached hydrogen (secondary N) is 1. The number of hydrogen-bond donors (Lipinski definition) is 1. The first-order chi connectivity index (χ1) is 7.29. The fourth-order valence-electron chi connectivity index (χ4n) is 1.42. The molecule has 1 N–H and O–H groups in total. The van der Waals surface area contributed by atoms with Crippen LogP contribution < -0.4 is 5.32 Å². The van der Waals surface area contributed by atoms with E-state index in [-0.39, 0.29) is 23.9 Å². The third-order valence-electron chi connectivity index (χ3n) is 2.34. The van der Waals surface area contributed by atoms with Crippen molar-refractivity contribution in [1.82, 2.24) is 10.2 Å². The zero-order valence-corrected chi connectivity index (χ0v) is 11.1. The zero-order chi connectivity index (χ0) is 12.8. The van der Waals surface area contributed by atoms with Crippen molar-refractivity contribution in [2.75, 3.05) is 13.1 Å². The average molecular weight is 228 g/mol. The number of nitrogens with zero attached hydrogens (tertiary/aromatic N) is 1. The van der Waals surface area contributed by atoms with Crippen molar-refractivity contribution < 1.29 is 9.59 Å². The molecule has 0 bridgehead atoms. The van der Waals surface area contributed by atoms with Crippen molar-refractivity contribution in [2.45, 2.75) is 53.0 Å². The normalized spacial score (nSPS) is 11.1. The number of carbonyl (C=O) groups is 2. The quantitative estimate of drug-likeness (QED) is 0.726. The highest BCUT2D eigenvalue weighted by molar-refractivity contribution is 5.84. The molecule has 0 fully saturated rings. The molecule has 16 heavy (non-hydrogen) atoms. The molecule has 4 nitrogen and oxygen atoms in total. The van der Waals surface area contributed by atoms with E-state index in [1.165, 1.54) is 6.92 Å². The molecule has 2 amide bonds. The molecule has 0 unspecified atom stereocenters. The van der Waals surface area contributed by atoms with E-state index in [0.29, 0.717) is 6.54 Å². The molecule has 0 aliphatic carbocycles. The molecule has 0 aliphatic rings. The standard InChI is InChI=1S/C12H24N2O2/c1-6-7-8-13-11(16)9-14(10(2)15)12(3,4)5/h6-9H2,1-5H3,(H,13,16). The minimum Gasteiger partial charge on any atom is -0.355 e. The molecule has 0 heterocycles. The first kappa shape index (κ1) is 14.9. The van der Waals surface area contributed by atoms with Gasteiger partial charge >= 0.3 is 0 Å². The second-order valence-corrected chi connectivity index (χ2v) is 4.98. The van der Waals surface area contributed by atoms with Crippen molar-refractivity contribution in [3.05, 3.63) is 0 Å². The van der Waals surface area contributed by atoms with Crippen molar-refractivity contribution in [2.24, 2.45) is 0 Å². The zero-order valence-electron chi connectivity index (χ0n) is 11.1. The van der Waals surface area contributed by atoms with E-state index >= 15 is 0 Å². The Balaban J connectivity index is 4.21. The van der Waals surface area contributed by atoms with Crippen LogP contribution in [0.3, 0.4) is 0 Å². The fraction of sp³-hybridized carbons (Fsp3) is 0.833. The Morgan fingerprint density at radius 2 is 1.81 bits per heavy atom. The molecule has 0 rings (SSSR count). The van der Waals surface area contributed by atoms with E-state index < -0.39 is 0 Å².